The van der Waals surface area contributed by atoms with Gasteiger partial charge in [0.1, 0.15) is 16.6 Å². The Bertz CT molecular complexity index is 664. The first-order chi connectivity index (χ1) is 9.85. The summed E-state index contributed by atoms with van der Waals surface area (Å²) in [7, 11) is -3.93. The molecule has 1 aliphatic rings. The number of carboxylic acids is 1. The van der Waals surface area contributed by atoms with Crippen molar-refractivity contribution in [3.05, 3.63) is 18.0 Å². The van der Waals surface area contributed by atoms with Gasteiger partial charge in [0.25, 0.3) is 0 Å². The molecule has 1 saturated heterocycles. The van der Waals surface area contributed by atoms with Crippen LogP contribution in [0.2, 0.25) is 0 Å². The Labute approximate surface area is 122 Å². The van der Waals surface area contributed by atoms with Crippen molar-refractivity contribution in [2.24, 2.45) is 0 Å². The lowest BCUT2D eigenvalue weighted by atomic mass is 10.1. The van der Waals surface area contributed by atoms with Crippen LogP contribution in [0.25, 0.3) is 0 Å². The van der Waals surface area contributed by atoms with Crippen LogP contribution in [0, 0.1) is 0 Å². The quantitative estimate of drug-likeness (QED) is 0.693. The van der Waals surface area contributed by atoms with Crippen LogP contribution < -0.4 is 10.0 Å². The molecule has 1 amide bonds. The number of hydrogen-bond acceptors (Lipinski definition) is 4. The summed E-state index contributed by atoms with van der Waals surface area (Å²) >= 11 is 0. The summed E-state index contributed by atoms with van der Waals surface area (Å²) in [4.78, 5) is 22.5. The summed E-state index contributed by atoms with van der Waals surface area (Å²) in [6, 6.07) is 0.275. The second-order valence-electron chi connectivity index (χ2n) is 4.76. The Hall–Kier alpha value is -1.87. The van der Waals surface area contributed by atoms with E-state index in [2.05, 4.69) is 10.0 Å². The van der Waals surface area contributed by atoms with Gasteiger partial charge in [-0.3, -0.25) is 4.79 Å². The fourth-order valence-electron chi connectivity index (χ4n) is 2.21. The summed E-state index contributed by atoms with van der Waals surface area (Å²) in [6.45, 7) is 2.58. The lowest BCUT2D eigenvalue weighted by Crippen LogP contribution is -2.50. The predicted octanol–water partition coefficient (Wildman–Crippen LogP) is -0.237. The maximum atomic E-state index is 12.3. The third-order valence-corrected chi connectivity index (χ3v) is 4.76. The molecule has 116 valence electrons. The molecule has 3 N–H and O–H groups in total. The molecule has 1 aromatic rings. The van der Waals surface area contributed by atoms with Gasteiger partial charge in [-0.1, -0.05) is 0 Å². The van der Waals surface area contributed by atoms with E-state index in [1.54, 1.807) is 6.92 Å². The molecule has 0 radical (unpaired) electrons. The second-order valence-corrected chi connectivity index (χ2v) is 6.47. The van der Waals surface area contributed by atoms with Crippen LogP contribution in [0.1, 0.15) is 30.3 Å². The van der Waals surface area contributed by atoms with E-state index in [-0.39, 0.29) is 16.5 Å². The van der Waals surface area contributed by atoms with E-state index in [1.165, 1.54) is 10.8 Å². The standard InChI is InChI=1S/C12H17N3O5S/c1-2-15-7-8(6-10(15)12(17)18)21(19,20)14-9-4-3-5-13-11(9)16/h6-7,9,14H,2-5H2,1H3,(H,13,16)(H,17,18). The highest BCUT2D eigenvalue weighted by molar-refractivity contribution is 7.89. The Kier molecular flexibility index (Phi) is 4.33. The van der Waals surface area contributed by atoms with Crippen molar-refractivity contribution in [1.29, 1.82) is 0 Å². The molecule has 1 atom stereocenters. The summed E-state index contributed by atoms with van der Waals surface area (Å²) < 4.78 is 28.2. The molecule has 0 aliphatic carbocycles. The van der Waals surface area contributed by atoms with Crippen molar-refractivity contribution in [2.75, 3.05) is 6.54 Å². The highest BCUT2D eigenvalue weighted by Gasteiger charge is 2.29. The summed E-state index contributed by atoms with van der Waals surface area (Å²) in [5, 5.41) is 11.6. The van der Waals surface area contributed by atoms with Crippen LogP contribution in [0.3, 0.4) is 0 Å². The zero-order valence-electron chi connectivity index (χ0n) is 11.5. The van der Waals surface area contributed by atoms with Crippen molar-refractivity contribution < 1.29 is 23.1 Å². The minimum Gasteiger partial charge on any atom is -0.477 e. The Balaban J connectivity index is 2.27. The Morgan fingerprint density at radius 1 is 1.57 bits per heavy atom. The molecule has 2 heterocycles. The van der Waals surface area contributed by atoms with Gasteiger partial charge in [-0.05, 0) is 25.8 Å². The maximum absolute atomic E-state index is 12.3. The smallest absolute Gasteiger partial charge is 0.352 e. The van der Waals surface area contributed by atoms with Gasteiger partial charge < -0.3 is 15.0 Å². The third-order valence-electron chi connectivity index (χ3n) is 3.32. The number of aromatic carboxylic acids is 1. The van der Waals surface area contributed by atoms with Gasteiger partial charge in [0, 0.05) is 19.3 Å². The average Bonchev–Trinajstić information content (AvgIpc) is 2.86. The van der Waals surface area contributed by atoms with Gasteiger partial charge in [-0.25, -0.2) is 13.2 Å². The zero-order chi connectivity index (χ0) is 15.6. The molecule has 1 aliphatic heterocycles. The number of aryl methyl sites for hydroxylation is 1. The van der Waals surface area contributed by atoms with Crippen LogP contribution in [-0.4, -0.2) is 42.6 Å². The fraction of sp³-hybridized carbons (Fsp3) is 0.500. The normalized spacial score (nSPS) is 19.3. The second kappa shape index (κ2) is 5.86. The summed E-state index contributed by atoms with van der Waals surface area (Å²) in [5.41, 5.74) is -0.106. The fourth-order valence-corrected chi connectivity index (χ4v) is 3.48. The first-order valence-corrected chi connectivity index (χ1v) is 8.07. The van der Waals surface area contributed by atoms with Gasteiger partial charge in [0.05, 0.1) is 0 Å². The molecule has 1 fully saturated rings. The van der Waals surface area contributed by atoms with Gasteiger partial charge in [-0.2, -0.15) is 4.72 Å². The SMILES string of the molecule is CCn1cc(S(=O)(=O)NC2CCCNC2=O)cc1C(=O)O. The largest absolute Gasteiger partial charge is 0.477 e. The minimum absolute atomic E-state index is 0.106. The van der Waals surface area contributed by atoms with Crippen molar-refractivity contribution in [3.8, 4) is 0 Å². The molecule has 2 rings (SSSR count). The number of piperidine rings is 1. The number of aromatic nitrogens is 1. The lowest BCUT2D eigenvalue weighted by molar-refractivity contribution is -0.124. The van der Waals surface area contributed by atoms with E-state index in [9.17, 15) is 18.0 Å². The van der Waals surface area contributed by atoms with Crippen LogP contribution in [0.4, 0.5) is 0 Å². The van der Waals surface area contributed by atoms with E-state index in [4.69, 9.17) is 5.11 Å². The number of sulfonamides is 1. The molecular weight excluding hydrogens is 298 g/mol. The molecule has 1 unspecified atom stereocenters. The topological polar surface area (TPSA) is 118 Å². The molecule has 1 aromatic heterocycles. The van der Waals surface area contributed by atoms with Gasteiger partial charge in [0.15, 0.2) is 0 Å². The molecule has 0 aromatic carbocycles. The van der Waals surface area contributed by atoms with E-state index >= 15 is 0 Å². The molecule has 0 bridgehead atoms. The first-order valence-electron chi connectivity index (χ1n) is 6.58. The molecule has 0 spiro atoms. The summed E-state index contributed by atoms with van der Waals surface area (Å²) in [6.07, 6.45) is 2.37. The number of carbonyl (C=O) groups is 2. The molecule has 8 nitrogen and oxygen atoms in total. The van der Waals surface area contributed by atoms with Gasteiger partial charge >= 0.3 is 5.97 Å². The minimum atomic E-state index is -3.93. The first kappa shape index (κ1) is 15.5. The highest BCUT2D eigenvalue weighted by atomic mass is 32.2. The Morgan fingerprint density at radius 2 is 2.29 bits per heavy atom. The number of carbonyl (C=O) groups excluding carboxylic acids is 1. The van der Waals surface area contributed by atoms with Crippen LogP contribution in [0.15, 0.2) is 17.2 Å². The number of rotatable bonds is 5. The monoisotopic (exact) mass is 315 g/mol. The zero-order valence-corrected chi connectivity index (χ0v) is 12.3. The number of carboxylic acid groups (broad SMARTS) is 1. The highest BCUT2D eigenvalue weighted by Crippen LogP contribution is 2.16. The van der Waals surface area contributed by atoms with Crippen molar-refractivity contribution >= 4 is 21.9 Å². The third kappa shape index (κ3) is 3.24. The average molecular weight is 315 g/mol. The van der Waals surface area contributed by atoms with Gasteiger partial charge in [-0.15, -0.1) is 0 Å². The van der Waals surface area contributed by atoms with Crippen LogP contribution >= 0.6 is 0 Å². The van der Waals surface area contributed by atoms with E-state index in [0.717, 1.165) is 6.07 Å². The van der Waals surface area contributed by atoms with Crippen molar-refractivity contribution in [1.82, 2.24) is 14.6 Å². The Morgan fingerprint density at radius 3 is 2.81 bits per heavy atom. The number of hydrogen-bond donors (Lipinski definition) is 3. The molecule has 21 heavy (non-hydrogen) atoms. The van der Waals surface area contributed by atoms with E-state index < -0.39 is 22.0 Å². The number of amides is 1. The lowest BCUT2D eigenvalue weighted by Gasteiger charge is -2.22. The van der Waals surface area contributed by atoms with E-state index in [0.29, 0.717) is 25.9 Å². The van der Waals surface area contributed by atoms with E-state index in [1.807, 2.05) is 0 Å². The number of nitrogens with one attached hydrogen (secondary N) is 2. The molecule has 9 heteroatoms. The van der Waals surface area contributed by atoms with Crippen molar-refractivity contribution in [2.45, 2.75) is 37.2 Å². The van der Waals surface area contributed by atoms with Crippen molar-refractivity contribution in [3.63, 3.8) is 0 Å². The van der Waals surface area contributed by atoms with Crippen LogP contribution in [0.5, 0.6) is 0 Å². The van der Waals surface area contributed by atoms with Crippen LogP contribution in [-0.2, 0) is 21.4 Å². The molecule has 0 saturated carbocycles. The maximum Gasteiger partial charge on any atom is 0.352 e. The van der Waals surface area contributed by atoms with Gasteiger partial charge in [0.2, 0.25) is 15.9 Å². The summed E-state index contributed by atoms with van der Waals surface area (Å²) in [5.74, 6) is -1.56. The number of nitrogens with zero attached hydrogens (tertiary/aromatic N) is 1. The predicted molar refractivity (Wildman–Crippen MR) is 73.4 cm³/mol. The molecular formula is C12H17N3O5S.